The minimum absolute atomic E-state index is 0.0306. The lowest BCUT2D eigenvalue weighted by Crippen LogP contribution is -2.47. The summed E-state index contributed by atoms with van der Waals surface area (Å²) in [7, 11) is 1.47. The van der Waals surface area contributed by atoms with Gasteiger partial charge in [0.25, 0.3) is 0 Å². The van der Waals surface area contributed by atoms with E-state index in [0.29, 0.717) is 23.9 Å². The number of quaternary nitrogens is 1. The van der Waals surface area contributed by atoms with Crippen molar-refractivity contribution in [2.45, 2.75) is 315 Å². The molecule has 0 radical (unpaired) electrons. The molecule has 79 heavy (non-hydrogen) atoms. The molecule has 0 heterocycles. The van der Waals surface area contributed by atoms with Crippen LogP contribution in [0.1, 0.15) is 303 Å². The van der Waals surface area contributed by atoms with Crippen LogP contribution in [0.2, 0.25) is 0 Å². The van der Waals surface area contributed by atoms with Gasteiger partial charge in [0.05, 0.1) is 33.8 Å². The van der Waals surface area contributed by atoms with E-state index in [0.717, 1.165) is 77.0 Å². The van der Waals surface area contributed by atoms with Crippen LogP contribution >= 0.6 is 7.82 Å². The van der Waals surface area contributed by atoms with Crippen molar-refractivity contribution in [3.8, 4) is 0 Å². The van der Waals surface area contributed by atoms with Gasteiger partial charge in [0.2, 0.25) is 5.91 Å². The fraction of sp³-hybridized carbons (Fsp3) is 0.797. The van der Waals surface area contributed by atoms with Crippen molar-refractivity contribution >= 4 is 19.7 Å². The number of phosphoric acid groups is 1. The van der Waals surface area contributed by atoms with Crippen LogP contribution in [0, 0.1) is 0 Å². The topological polar surface area (TPSA) is 111 Å². The second-order valence-corrected chi connectivity index (χ2v) is 25.1. The molecular weight excluding hydrogens is 1000 g/mol. The fourth-order valence-corrected chi connectivity index (χ4v) is 10.3. The fourth-order valence-electron chi connectivity index (χ4n) is 9.57. The maximum atomic E-state index is 13.6. The van der Waals surface area contributed by atoms with Crippen LogP contribution in [-0.4, -0.2) is 74.3 Å². The molecule has 1 amide bonds. The molecule has 0 saturated heterocycles. The quantitative estimate of drug-likeness (QED) is 0.0205. The molecule has 0 aliphatic heterocycles. The van der Waals surface area contributed by atoms with Crippen molar-refractivity contribution in [3.63, 3.8) is 0 Å². The zero-order chi connectivity index (χ0) is 57.9. The van der Waals surface area contributed by atoms with E-state index in [1.54, 1.807) is 0 Å². The van der Waals surface area contributed by atoms with E-state index in [4.69, 9.17) is 13.8 Å². The average molecular weight is 1130 g/mol. The molecule has 0 aliphatic carbocycles. The number of ether oxygens (including phenoxy) is 1. The van der Waals surface area contributed by atoms with Crippen LogP contribution in [0.3, 0.4) is 0 Å². The monoisotopic (exact) mass is 1130 g/mol. The van der Waals surface area contributed by atoms with Gasteiger partial charge in [-0.05, 0) is 70.3 Å². The third-order valence-electron chi connectivity index (χ3n) is 14.7. The van der Waals surface area contributed by atoms with Gasteiger partial charge in [-0.15, -0.1) is 0 Å². The summed E-state index contributed by atoms with van der Waals surface area (Å²) < 4.78 is 30.7. The molecule has 0 fully saturated rings. The van der Waals surface area contributed by atoms with Gasteiger partial charge in [0, 0.05) is 12.8 Å². The number of carbonyl (C=O) groups is 2. The zero-order valence-corrected chi connectivity index (χ0v) is 53.5. The highest BCUT2D eigenvalue weighted by Gasteiger charge is 2.30. The first kappa shape index (κ1) is 76.5. The standard InChI is InChI=1S/C69H127N2O7P/c1-7-10-13-16-19-22-25-27-29-31-32-33-34-35-36-37-38-40-41-43-46-49-52-55-58-61-68(72)70-66(65-77-79(74,75)76-64-63-71(4,5)6)67(60-57-54-51-48-45-24-21-18-15-12-9-3)78-69(73)62-59-56-53-50-47-44-42-39-30-28-26-23-20-17-14-11-8-2/h11,14,20,23,28,30,42,44,50,53,57,60,66-67H,7-10,12-13,15-19,21-22,24-27,29,31-41,43,45-49,51-52,54-56,58-59,61-65H2,1-6H3,(H-,70,72,74,75)/p+1/b14-11-,23-20-,30-28-,44-42-,53-50-,60-57-. The van der Waals surface area contributed by atoms with E-state index in [-0.39, 0.29) is 31.5 Å². The Morgan fingerprint density at radius 2 is 0.823 bits per heavy atom. The number of nitrogens with zero attached hydrogens (tertiary/aromatic N) is 1. The minimum atomic E-state index is -4.46. The molecule has 3 unspecified atom stereocenters. The molecule has 0 aromatic heterocycles. The molecule has 0 aromatic carbocycles. The second-order valence-electron chi connectivity index (χ2n) is 23.6. The molecule has 0 bridgehead atoms. The summed E-state index contributed by atoms with van der Waals surface area (Å²) in [5, 5.41) is 3.05. The molecule has 10 heteroatoms. The number of esters is 1. The summed E-state index contributed by atoms with van der Waals surface area (Å²) in [5.41, 5.74) is 0. The van der Waals surface area contributed by atoms with Gasteiger partial charge >= 0.3 is 13.8 Å². The van der Waals surface area contributed by atoms with Gasteiger partial charge in [-0.2, -0.15) is 0 Å². The van der Waals surface area contributed by atoms with Crippen molar-refractivity contribution < 1.29 is 37.3 Å². The number of amides is 1. The first-order chi connectivity index (χ1) is 38.4. The number of rotatable bonds is 60. The molecule has 3 atom stereocenters. The molecule has 460 valence electrons. The number of hydrogen-bond acceptors (Lipinski definition) is 6. The molecular formula is C69H128N2O7P+. The Morgan fingerprint density at radius 1 is 0.456 bits per heavy atom. The Labute approximate surface area is 489 Å². The van der Waals surface area contributed by atoms with Gasteiger partial charge in [-0.3, -0.25) is 18.6 Å². The molecule has 0 aliphatic rings. The molecule has 2 N–H and O–H groups in total. The van der Waals surface area contributed by atoms with E-state index in [1.165, 1.54) is 186 Å². The maximum absolute atomic E-state index is 13.6. The Kier molecular flexibility index (Phi) is 56.7. The SMILES string of the molecule is CC/C=C\C/C=C\C/C=C\C/C=C\C/C=C\CCCC(=O)OC(/C=C\CCCCCCCCCCC)C(COP(=O)(O)OCC[N+](C)(C)C)NC(=O)CCCCCCCCCCCCCCCCCCCCCCCCCCC. The number of nitrogens with one attached hydrogen (secondary N) is 1. The van der Waals surface area contributed by atoms with Crippen molar-refractivity contribution in [3.05, 3.63) is 72.9 Å². The number of likely N-dealkylation sites (N-methyl/N-ethyl adjacent to an activating group) is 1. The highest BCUT2D eigenvalue weighted by atomic mass is 31.2. The van der Waals surface area contributed by atoms with Crippen LogP contribution < -0.4 is 5.32 Å². The third-order valence-corrected chi connectivity index (χ3v) is 15.6. The number of carbonyl (C=O) groups excluding carboxylic acids is 2. The molecule has 0 rings (SSSR count). The molecule has 0 spiro atoms. The predicted octanol–water partition coefficient (Wildman–Crippen LogP) is 20.8. The van der Waals surface area contributed by atoms with Gasteiger partial charge in [-0.25, -0.2) is 4.57 Å². The van der Waals surface area contributed by atoms with Crippen molar-refractivity contribution in [1.82, 2.24) is 5.32 Å². The van der Waals surface area contributed by atoms with E-state index in [9.17, 15) is 19.0 Å². The highest BCUT2D eigenvalue weighted by Crippen LogP contribution is 2.43. The number of unbranched alkanes of at least 4 members (excludes halogenated alkanes) is 34. The molecule has 0 aromatic rings. The lowest BCUT2D eigenvalue weighted by Gasteiger charge is -2.27. The van der Waals surface area contributed by atoms with E-state index in [2.05, 4.69) is 86.8 Å². The summed E-state index contributed by atoms with van der Waals surface area (Å²) in [5.74, 6) is -0.566. The van der Waals surface area contributed by atoms with Crippen LogP contribution in [0.15, 0.2) is 72.9 Å². The van der Waals surface area contributed by atoms with Gasteiger partial charge in [-0.1, -0.05) is 293 Å². The Bertz CT molecular complexity index is 1580. The Morgan fingerprint density at radius 3 is 1.23 bits per heavy atom. The lowest BCUT2D eigenvalue weighted by molar-refractivity contribution is -0.870. The van der Waals surface area contributed by atoms with Crippen LogP contribution in [0.4, 0.5) is 0 Å². The van der Waals surface area contributed by atoms with Crippen LogP contribution in [0.5, 0.6) is 0 Å². The zero-order valence-electron chi connectivity index (χ0n) is 52.6. The summed E-state index contributed by atoms with van der Waals surface area (Å²) in [6.07, 6.45) is 76.5. The van der Waals surface area contributed by atoms with Gasteiger partial charge < -0.3 is 19.4 Å². The smallest absolute Gasteiger partial charge is 0.456 e. The minimum Gasteiger partial charge on any atom is -0.456 e. The Balaban J connectivity index is 5.10. The number of phosphoric ester groups is 1. The van der Waals surface area contributed by atoms with E-state index >= 15 is 0 Å². The van der Waals surface area contributed by atoms with Crippen molar-refractivity contribution in [2.24, 2.45) is 0 Å². The largest absolute Gasteiger partial charge is 0.472 e. The second kappa shape index (κ2) is 58.6. The highest BCUT2D eigenvalue weighted by molar-refractivity contribution is 7.47. The predicted molar refractivity (Wildman–Crippen MR) is 341 cm³/mol. The lowest BCUT2D eigenvalue weighted by atomic mass is 10.0. The number of allylic oxidation sites excluding steroid dienone is 11. The van der Waals surface area contributed by atoms with Gasteiger partial charge in [0.1, 0.15) is 19.3 Å². The maximum Gasteiger partial charge on any atom is 0.472 e. The van der Waals surface area contributed by atoms with Crippen LogP contribution in [-0.2, 0) is 27.9 Å². The number of hydrogen-bond donors (Lipinski definition) is 2. The Hall–Kier alpha value is -2.55. The normalized spacial score (nSPS) is 14.1. The van der Waals surface area contributed by atoms with Crippen molar-refractivity contribution in [2.75, 3.05) is 40.9 Å². The first-order valence-corrected chi connectivity index (χ1v) is 34.8. The molecule has 0 saturated carbocycles. The van der Waals surface area contributed by atoms with E-state index < -0.39 is 20.0 Å². The van der Waals surface area contributed by atoms with Crippen LogP contribution in [0.25, 0.3) is 0 Å². The van der Waals surface area contributed by atoms with Crippen molar-refractivity contribution in [1.29, 1.82) is 0 Å². The summed E-state index contributed by atoms with van der Waals surface area (Å²) in [6, 6.07) is -0.872. The summed E-state index contributed by atoms with van der Waals surface area (Å²) >= 11 is 0. The third kappa shape index (κ3) is 59.9. The summed E-state index contributed by atoms with van der Waals surface area (Å²) in [4.78, 5) is 37.7. The van der Waals surface area contributed by atoms with E-state index in [1.807, 2.05) is 33.3 Å². The average Bonchev–Trinajstić information content (AvgIpc) is 3.41. The molecule has 9 nitrogen and oxygen atoms in total. The van der Waals surface area contributed by atoms with Gasteiger partial charge in [0.15, 0.2) is 0 Å². The summed E-state index contributed by atoms with van der Waals surface area (Å²) in [6.45, 7) is 6.88. The first-order valence-electron chi connectivity index (χ1n) is 33.3.